The third-order valence-electron chi connectivity index (χ3n) is 4.46. The number of thiazole rings is 1. The lowest BCUT2D eigenvalue weighted by molar-refractivity contribution is -0.130. The number of carbonyl (C=O) groups excluding carboxylic acids is 2. The molecule has 0 aliphatic carbocycles. The molecule has 2 aromatic rings. The molecule has 0 atom stereocenters. The maximum atomic E-state index is 12.5. The van der Waals surface area contributed by atoms with Gasteiger partial charge in [-0.25, -0.2) is 4.98 Å². The van der Waals surface area contributed by atoms with Crippen molar-refractivity contribution in [1.29, 1.82) is 0 Å². The number of rotatable bonds is 6. The van der Waals surface area contributed by atoms with Gasteiger partial charge in [-0.05, 0) is 43.2 Å². The second kappa shape index (κ2) is 8.92. The van der Waals surface area contributed by atoms with Crippen LogP contribution < -0.4 is 10.1 Å². The van der Waals surface area contributed by atoms with Crippen LogP contribution in [-0.4, -0.2) is 41.4 Å². The number of benzene rings is 1. The van der Waals surface area contributed by atoms with Crippen molar-refractivity contribution in [1.82, 2.24) is 9.88 Å². The van der Waals surface area contributed by atoms with Gasteiger partial charge in [0, 0.05) is 30.0 Å². The molecule has 1 fully saturated rings. The number of hydrogen-bond donors (Lipinski definition) is 1. The normalized spacial score (nSPS) is 14.8. The average molecular weight is 407 g/mol. The molecule has 1 aromatic heterocycles. The molecule has 28 heavy (non-hydrogen) atoms. The van der Waals surface area contributed by atoms with Crippen LogP contribution in [0.3, 0.4) is 0 Å². The lowest BCUT2D eigenvalue weighted by Crippen LogP contribution is -2.40. The molecule has 0 radical (unpaired) electrons. The van der Waals surface area contributed by atoms with Crippen LogP contribution >= 0.6 is 11.3 Å². The van der Waals surface area contributed by atoms with E-state index in [1.807, 2.05) is 0 Å². The van der Waals surface area contributed by atoms with Crippen molar-refractivity contribution in [3.05, 3.63) is 42.3 Å². The van der Waals surface area contributed by atoms with E-state index in [1.165, 1.54) is 29.5 Å². The van der Waals surface area contributed by atoms with E-state index < -0.39 is 6.61 Å². The summed E-state index contributed by atoms with van der Waals surface area (Å²) in [4.78, 5) is 30.1. The third kappa shape index (κ3) is 4.92. The number of nitrogens with one attached hydrogen (secondary N) is 1. The van der Waals surface area contributed by atoms with Crippen molar-refractivity contribution >= 4 is 28.3 Å². The lowest BCUT2D eigenvalue weighted by atomic mass is 9.96. The second-order valence-electron chi connectivity index (χ2n) is 6.23. The number of anilines is 1. The molecule has 1 saturated heterocycles. The molecule has 3 rings (SSSR count). The minimum Gasteiger partial charge on any atom is -0.435 e. The number of piperidine rings is 1. The molecule has 1 N–H and O–H groups in total. The summed E-state index contributed by atoms with van der Waals surface area (Å²) >= 11 is 1.29. The molecule has 9 heteroatoms. The number of aromatic nitrogens is 1. The molecule has 1 aliphatic heterocycles. The van der Waals surface area contributed by atoms with Crippen LogP contribution in [0.5, 0.6) is 5.75 Å². The first-order valence-corrected chi connectivity index (χ1v) is 9.57. The zero-order valence-corrected chi connectivity index (χ0v) is 15.8. The third-order valence-corrected chi connectivity index (χ3v) is 5.22. The van der Waals surface area contributed by atoms with Crippen LogP contribution in [0.25, 0.3) is 11.3 Å². The first-order valence-electron chi connectivity index (χ1n) is 8.69. The maximum absolute atomic E-state index is 12.5. The van der Waals surface area contributed by atoms with Gasteiger partial charge >= 0.3 is 6.61 Å². The maximum Gasteiger partial charge on any atom is 0.387 e. The molecule has 1 aliphatic rings. The number of amides is 2. The smallest absolute Gasteiger partial charge is 0.387 e. The standard InChI is InChI=1S/C19H19F2N3O3S/c1-2-16(25)24-9-7-13(8-10-24)17(26)23-19-22-15(11-28-19)12-3-5-14(6-4-12)27-18(20)21/h2-6,11,13,18H,1,7-10H2,(H,22,23,26). The summed E-state index contributed by atoms with van der Waals surface area (Å²) in [5.74, 6) is -0.337. The fraction of sp³-hybridized carbons (Fsp3) is 0.316. The molecule has 0 saturated carbocycles. The zero-order valence-electron chi connectivity index (χ0n) is 14.9. The fourth-order valence-corrected chi connectivity index (χ4v) is 3.69. The van der Waals surface area contributed by atoms with E-state index in [2.05, 4.69) is 21.6 Å². The number of carbonyl (C=O) groups is 2. The monoisotopic (exact) mass is 407 g/mol. The minimum atomic E-state index is -2.87. The highest BCUT2D eigenvalue weighted by Gasteiger charge is 2.27. The molecular formula is C19H19F2N3O3S. The Labute approximate surface area is 164 Å². The van der Waals surface area contributed by atoms with Crippen LogP contribution in [0.4, 0.5) is 13.9 Å². The van der Waals surface area contributed by atoms with Crippen molar-refractivity contribution in [3.63, 3.8) is 0 Å². The van der Waals surface area contributed by atoms with Gasteiger partial charge < -0.3 is 15.0 Å². The van der Waals surface area contributed by atoms with Gasteiger partial charge in [-0.1, -0.05) is 6.58 Å². The summed E-state index contributed by atoms with van der Waals surface area (Å²) in [5, 5.41) is 5.07. The molecule has 2 heterocycles. The van der Waals surface area contributed by atoms with E-state index in [4.69, 9.17) is 0 Å². The van der Waals surface area contributed by atoms with Gasteiger partial charge in [-0.2, -0.15) is 8.78 Å². The van der Waals surface area contributed by atoms with E-state index >= 15 is 0 Å². The Morgan fingerprint density at radius 3 is 2.57 bits per heavy atom. The first-order chi connectivity index (χ1) is 13.5. The van der Waals surface area contributed by atoms with Crippen molar-refractivity contribution < 1.29 is 23.1 Å². The second-order valence-corrected chi connectivity index (χ2v) is 7.09. The predicted molar refractivity (Wildman–Crippen MR) is 102 cm³/mol. The largest absolute Gasteiger partial charge is 0.435 e. The number of alkyl halides is 2. The highest BCUT2D eigenvalue weighted by Crippen LogP contribution is 2.28. The summed E-state index contributed by atoms with van der Waals surface area (Å²) in [6, 6.07) is 6.14. The topological polar surface area (TPSA) is 71.5 Å². The number of halogens is 2. The molecule has 2 amide bonds. The Bertz CT molecular complexity index is 846. The average Bonchev–Trinajstić information content (AvgIpc) is 3.16. The quantitative estimate of drug-likeness (QED) is 0.740. The van der Waals surface area contributed by atoms with Crippen LogP contribution in [0, 0.1) is 5.92 Å². The van der Waals surface area contributed by atoms with Gasteiger partial charge in [0.1, 0.15) is 5.75 Å². The van der Waals surface area contributed by atoms with Crippen molar-refractivity contribution in [3.8, 4) is 17.0 Å². The SMILES string of the molecule is C=CC(=O)N1CCC(C(=O)Nc2nc(-c3ccc(OC(F)F)cc3)cs2)CC1. The van der Waals surface area contributed by atoms with E-state index in [0.717, 1.165) is 5.56 Å². The molecule has 6 nitrogen and oxygen atoms in total. The van der Waals surface area contributed by atoms with Gasteiger partial charge in [0.2, 0.25) is 11.8 Å². The number of hydrogen-bond acceptors (Lipinski definition) is 5. The Balaban J connectivity index is 1.56. The van der Waals surface area contributed by atoms with Crippen LogP contribution in [-0.2, 0) is 9.59 Å². The molecule has 0 unspecified atom stereocenters. The van der Waals surface area contributed by atoms with Gasteiger partial charge in [0.05, 0.1) is 5.69 Å². The van der Waals surface area contributed by atoms with Gasteiger partial charge in [-0.15, -0.1) is 11.3 Å². The Hall–Kier alpha value is -2.81. The minimum absolute atomic E-state index is 0.0729. The van der Waals surface area contributed by atoms with Crippen LogP contribution in [0.2, 0.25) is 0 Å². The predicted octanol–water partition coefficient (Wildman–Crippen LogP) is 3.77. The Morgan fingerprint density at radius 2 is 1.96 bits per heavy atom. The molecule has 0 spiro atoms. The van der Waals surface area contributed by atoms with E-state index in [0.29, 0.717) is 36.8 Å². The highest BCUT2D eigenvalue weighted by atomic mass is 32.1. The van der Waals surface area contributed by atoms with Crippen molar-refractivity contribution in [2.75, 3.05) is 18.4 Å². The summed E-state index contributed by atoms with van der Waals surface area (Å²) in [7, 11) is 0. The summed E-state index contributed by atoms with van der Waals surface area (Å²) < 4.78 is 28.7. The number of ether oxygens (including phenoxy) is 1. The zero-order chi connectivity index (χ0) is 20.1. The number of likely N-dealkylation sites (tertiary alicyclic amines) is 1. The van der Waals surface area contributed by atoms with Crippen LogP contribution in [0.15, 0.2) is 42.3 Å². The molecular weight excluding hydrogens is 388 g/mol. The summed E-state index contributed by atoms with van der Waals surface area (Å²) in [5.41, 5.74) is 1.37. The van der Waals surface area contributed by atoms with Crippen molar-refractivity contribution in [2.45, 2.75) is 19.5 Å². The lowest BCUT2D eigenvalue weighted by Gasteiger charge is -2.30. The Kier molecular flexibility index (Phi) is 6.35. The van der Waals surface area contributed by atoms with E-state index in [-0.39, 0.29) is 23.5 Å². The van der Waals surface area contributed by atoms with Gasteiger partial charge in [-0.3, -0.25) is 9.59 Å². The Morgan fingerprint density at radius 1 is 1.29 bits per heavy atom. The van der Waals surface area contributed by atoms with Gasteiger partial charge in [0.15, 0.2) is 5.13 Å². The van der Waals surface area contributed by atoms with E-state index in [9.17, 15) is 18.4 Å². The van der Waals surface area contributed by atoms with E-state index in [1.54, 1.807) is 22.4 Å². The number of nitrogens with zero attached hydrogens (tertiary/aromatic N) is 2. The summed E-state index contributed by atoms with van der Waals surface area (Å²) in [6.45, 7) is 1.66. The van der Waals surface area contributed by atoms with Crippen LogP contribution in [0.1, 0.15) is 12.8 Å². The molecule has 1 aromatic carbocycles. The van der Waals surface area contributed by atoms with Crippen molar-refractivity contribution in [2.24, 2.45) is 5.92 Å². The first kappa shape index (κ1) is 19.9. The molecule has 0 bridgehead atoms. The highest BCUT2D eigenvalue weighted by molar-refractivity contribution is 7.14. The fourth-order valence-electron chi connectivity index (χ4n) is 2.97. The molecule has 148 valence electrons. The van der Waals surface area contributed by atoms with Gasteiger partial charge in [0.25, 0.3) is 0 Å². The summed E-state index contributed by atoms with van der Waals surface area (Å²) in [6.07, 6.45) is 2.47.